The highest BCUT2D eigenvalue weighted by Gasteiger charge is 1.94. The first-order valence-corrected chi connectivity index (χ1v) is 3.14. The molecule has 0 spiro atoms. The molecule has 0 aliphatic rings. The number of hydrogen-bond acceptors (Lipinski definition) is 3. The van der Waals surface area contributed by atoms with Crippen LogP contribution in [0.2, 0.25) is 0 Å². The molecule has 58 valence electrons. The number of hydrogen-bond donors (Lipinski definition) is 0. The van der Waals surface area contributed by atoms with Crippen LogP contribution in [-0.2, 0) is 9.53 Å². The maximum absolute atomic E-state index is 10.9. The zero-order chi connectivity index (χ0) is 8.10. The zero-order valence-corrected chi connectivity index (χ0v) is 5.77. The summed E-state index contributed by atoms with van der Waals surface area (Å²) in [6.07, 6.45) is -1.39. The first-order chi connectivity index (χ1) is 5.34. The van der Waals surface area contributed by atoms with Gasteiger partial charge in [0.15, 0.2) is 0 Å². The highest BCUT2D eigenvalue weighted by Crippen LogP contribution is 2.08. The molecule has 0 saturated heterocycles. The second kappa shape index (κ2) is 3.73. The number of benzene rings is 1. The van der Waals surface area contributed by atoms with Crippen molar-refractivity contribution in [1.82, 2.24) is 0 Å². The molecule has 1 aromatic rings. The lowest BCUT2D eigenvalue weighted by Gasteiger charge is -2.19. The fourth-order valence-electron chi connectivity index (χ4n) is 0.739. The lowest BCUT2D eigenvalue weighted by atomic mass is 10.2. The highest BCUT2D eigenvalue weighted by atomic mass is 16.6. The van der Waals surface area contributed by atoms with Gasteiger partial charge in [-0.1, -0.05) is 30.3 Å². The van der Waals surface area contributed by atoms with E-state index in [1.165, 1.54) is 0 Å². The number of carbonyl (C=O) groups is 1. The van der Waals surface area contributed by atoms with Crippen LogP contribution in [0.25, 0.3) is 0 Å². The minimum Gasteiger partial charge on any atom is -0.818 e. The Bertz CT molecular complexity index is 220. The second-order valence-electron chi connectivity index (χ2n) is 1.97. The molecule has 0 heterocycles. The van der Waals surface area contributed by atoms with Crippen LogP contribution in [0.1, 0.15) is 11.9 Å². The monoisotopic (exact) mass is 151 g/mol. The van der Waals surface area contributed by atoms with Crippen LogP contribution in [0.15, 0.2) is 30.3 Å². The Morgan fingerprint density at radius 2 is 2.00 bits per heavy atom. The molecule has 1 aromatic carbocycles. The summed E-state index contributed by atoms with van der Waals surface area (Å²) in [6.45, 7) is 0.157. The van der Waals surface area contributed by atoms with Gasteiger partial charge in [-0.25, -0.2) is 0 Å². The van der Waals surface area contributed by atoms with E-state index in [2.05, 4.69) is 4.74 Å². The molecule has 1 atom stereocenters. The van der Waals surface area contributed by atoms with Crippen LogP contribution >= 0.6 is 0 Å². The summed E-state index contributed by atoms with van der Waals surface area (Å²) in [5.41, 5.74) is 0.458. The van der Waals surface area contributed by atoms with Gasteiger partial charge in [-0.15, -0.1) is 0 Å². The van der Waals surface area contributed by atoms with Crippen molar-refractivity contribution in [3.63, 3.8) is 0 Å². The highest BCUT2D eigenvalue weighted by molar-refractivity contribution is 5.38. The molecule has 3 nitrogen and oxygen atoms in total. The topological polar surface area (TPSA) is 49.4 Å². The average Bonchev–Trinajstić information content (AvgIpc) is 2.07. The van der Waals surface area contributed by atoms with E-state index in [4.69, 9.17) is 0 Å². The standard InChI is InChI=1S/C8H7O3/c9-6-11-8(10)7-4-2-1-3-5-7/h1-6,8H/q-1. The minimum atomic E-state index is -1.39. The summed E-state index contributed by atoms with van der Waals surface area (Å²) in [4.78, 5) is 9.77. The Kier molecular flexibility index (Phi) is 2.63. The predicted molar refractivity (Wildman–Crippen MR) is 36.3 cm³/mol. The van der Waals surface area contributed by atoms with Crippen LogP contribution in [0.3, 0.4) is 0 Å². The second-order valence-corrected chi connectivity index (χ2v) is 1.97. The quantitative estimate of drug-likeness (QED) is 0.458. The van der Waals surface area contributed by atoms with E-state index in [0.29, 0.717) is 5.56 Å². The van der Waals surface area contributed by atoms with Crippen molar-refractivity contribution in [2.45, 2.75) is 6.29 Å². The van der Waals surface area contributed by atoms with Crippen molar-refractivity contribution >= 4 is 6.47 Å². The maximum Gasteiger partial charge on any atom is 0.292 e. The van der Waals surface area contributed by atoms with E-state index in [-0.39, 0.29) is 6.47 Å². The van der Waals surface area contributed by atoms with Crippen molar-refractivity contribution < 1.29 is 14.6 Å². The van der Waals surface area contributed by atoms with Gasteiger partial charge in [0.1, 0.15) is 0 Å². The first kappa shape index (κ1) is 7.75. The molecular formula is C8H7O3-. The summed E-state index contributed by atoms with van der Waals surface area (Å²) in [5, 5.41) is 10.9. The molecule has 1 unspecified atom stereocenters. The average molecular weight is 151 g/mol. The molecule has 0 aromatic heterocycles. The third-order valence-corrected chi connectivity index (χ3v) is 1.25. The lowest BCUT2D eigenvalue weighted by Crippen LogP contribution is -2.17. The molecule has 0 fully saturated rings. The molecular weight excluding hydrogens is 144 g/mol. The van der Waals surface area contributed by atoms with E-state index >= 15 is 0 Å². The van der Waals surface area contributed by atoms with Crippen molar-refractivity contribution in [3.8, 4) is 0 Å². The summed E-state index contributed by atoms with van der Waals surface area (Å²) in [7, 11) is 0. The van der Waals surface area contributed by atoms with E-state index < -0.39 is 6.29 Å². The fraction of sp³-hybridized carbons (Fsp3) is 0.125. The maximum atomic E-state index is 10.9. The van der Waals surface area contributed by atoms with Gasteiger partial charge in [0, 0.05) is 0 Å². The van der Waals surface area contributed by atoms with Crippen LogP contribution in [0.4, 0.5) is 0 Å². The molecule has 0 N–H and O–H groups in total. The van der Waals surface area contributed by atoms with Crippen molar-refractivity contribution in [1.29, 1.82) is 0 Å². The van der Waals surface area contributed by atoms with Gasteiger partial charge in [-0.05, 0) is 5.56 Å². The van der Waals surface area contributed by atoms with Crippen molar-refractivity contribution in [2.24, 2.45) is 0 Å². The van der Waals surface area contributed by atoms with Gasteiger partial charge in [0.2, 0.25) is 0 Å². The van der Waals surface area contributed by atoms with Gasteiger partial charge in [-0.3, -0.25) is 4.79 Å². The first-order valence-electron chi connectivity index (χ1n) is 3.14. The van der Waals surface area contributed by atoms with E-state index in [9.17, 15) is 9.90 Å². The van der Waals surface area contributed by atoms with Gasteiger partial charge in [0.25, 0.3) is 6.47 Å². The largest absolute Gasteiger partial charge is 0.818 e. The van der Waals surface area contributed by atoms with Crippen LogP contribution < -0.4 is 5.11 Å². The SMILES string of the molecule is O=COC([O-])c1ccccc1. The molecule has 11 heavy (non-hydrogen) atoms. The summed E-state index contributed by atoms with van der Waals surface area (Å²) in [6, 6.07) is 8.45. The Hall–Kier alpha value is -1.35. The Labute approximate surface area is 64.2 Å². The zero-order valence-electron chi connectivity index (χ0n) is 5.77. The predicted octanol–water partition coefficient (Wildman–Crippen LogP) is 0.219. The van der Waals surface area contributed by atoms with Crippen LogP contribution in [-0.4, -0.2) is 6.47 Å². The summed E-state index contributed by atoms with van der Waals surface area (Å²) < 4.78 is 4.19. The Balaban J connectivity index is 2.68. The third kappa shape index (κ3) is 2.05. The molecule has 0 saturated carbocycles. The molecule has 1 rings (SSSR count). The van der Waals surface area contributed by atoms with Crippen LogP contribution in [0, 0.1) is 0 Å². The number of rotatable bonds is 3. The van der Waals surface area contributed by atoms with Crippen molar-refractivity contribution in [3.05, 3.63) is 35.9 Å². The van der Waals surface area contributed by atoms with Gasteiger partial charge >= 0.3 is 0 Å². The van der Waals surface area contributed by atoms with Crippen LogP contribution in [0.5, 0.6) is 0 Å². The molecule has 0 amide bonds. The van der Waals surface area contributed by atoms with Gasteiger partial charge in [0.05, 0.1) is 6.29 Å². The van der Waals surface area contributed by atoms with Gasteiger partial charge in [-0.2, -0.15) is 0 Å². The molecule has 0 radical (unpaired) electrons. The van der Waals surface area contributed by atoms with E-state index in [1.54, 1.807) is 30.3 Å². The minimum absolute atomic E-state index is 0.157. The summed E-state index contributed by atoms with van der Waals surface area (Å²) in [5.74, 6) is 0. The molecule has 3 heteroatoms. The number of carbonyl (C=O) groups excluding carboxylic acids is 1. The smallest absolute Gasteiger partial charge is 0.292 e. The lowest BCUT2D eigenvalue weighted by molar-refractivity contribution is -0.486. The summed E-state index contributed by atoms with van der Waals surface area (Å²) >= 11 is 0. The third-order valence-electron chi connectivity index (χ3n) is 1.25. The normalized spacial score (nSPS) is 12.1. The fourth-order valence-corrected chi connectivity index (χ4v) is 0.739. The Morgan fingerprint density at radius 1 is 1.36 bits per heavy atom. The van der Waals surface area contributed by atoms with Gasteiger partial charge < -0.3 is 9.84 Å². The van der Waals surface area contributed by atoms with E-state index in [0.717, 1.165) is 0 Å². The molecule has 0 aliphatic carbocycles. The molecule has 0 bridgehead atoms. The Morgan fingerprint density at radius 3 is 2.55 bits per heavy atom. The van der Waals surface area contributed by atoms with Crippen molar-refractivity contribution in [2.75, 3.05) is 0 Å². The number of ether oxygens (including phenoxy) is 1. The van der Waals surface area contributed by atoms with E-state index in [1.807, 2.05) is 0 Å². The molecule has 0 aliphatic heterocycles.